The van der Waals surface area contributed by atoms with Crippen LogP contribution in [0.5, 0.6) is 0 Å². The van der Waals surface area contributed by atoms with E-state index in [-0.39, 0.29) is 5.91 Å². The highest BCUT2D eigenvalue weighted by Gasteiger charge is 1.92. The third-order valence-corrected chi connectivity index (χ3v) is 1.14. The van der Waals surface area contributed by atoms with Gasteiger partial charge in [-0.15, -0.1) is 0 Å². The number of alkyl halides is 1. The Morgan fingerprint density at radius 2 is 2.50 bits per heavy atom. The molecule has 0 unspecified atom stereocenters. The molecule has 0 radical (unpaired) electrons. The summed E-state index contributed by atoms with van der Waals surface area (Å²) in [4.78, 5) is 14.9. The van der Waals surface area contributed by atoms with Gasteiger partial charge in [-0.05, 0) is 6.92 Å². The number of carbonyl (C=O) groups excluding carboxylic acids is 1. The lowest BCUT2D eigenvalue weighted by Crippen LogP contribution is -2.24. The molecule has 1 amide bonds. The minimum absolute atomic E-state index is 0.0903. The highest BCUT2D eigenvalue weighted by molar-refractivity contribution is 14.1. The summed E-state index contributed by atoms with van der Waals surface area (Å²) in [5, 5.41) is 0. The molecule has 48 valence electrons. The second kappa shape index (κ2) is 5.30. The Bertz CT molecular complexity index is 76.4. The highest BCUT2D eigenvalue weighted by Crippen LogP contribution is 1.78. The summed E-state index contributed by atoms with van der Waals surface area (Å²) < 4.78 is 0.442. The molecule has 4 heteroatoms. The SMILES string of the molecule is CCONC(=O)CI. The van der Waals surface area contributed by atoms with Crippen molar-refractivity contribution in [1.82, 2.24) is 5.48 Å². The highest BCUT2D eigenvalue weighted by atomic mass is 127. The van der Waals surface area contributed by atoms with E-state index >= 15 is 0 Å². The zero-order valence-corrected chi connectivity index (χ0v) is 6.77. The molecule has 0 aliphatic heterocycles. The van der Waals surface area contributed by atoms with Crippen molar-refractivity contribution in [2.45, 2.75) is 6.92 Å². The van der Waals surface area contributed by atoms with Gasteiger partial charge in [-0.3, -0.25) is 9.63 Å². The van der Waals surface area contributed by atoms with Crippen molar-refractivity contribution in [2.24, 2.45) is 0 Å². The third kappa shape index (κ3) is 4.32. The summed E-state index contributed by atoms with van der Waals surface area (Å²) in [5.41, 5.74) is 2.24. The van der Waals surface area contributed by atoms with E-state index in [0.717, 1.165) is 0 Å². The van der Waals surface area contributed by atoms with Crippen molar-refractivity contribution in [2.75, 3.05) is 11.0 Å². The quantitative estimate of drug-likeness (QED) is 0.434. The summed E-state index contributed by atoms with van der Waals surface area (Å²) in [7, 11) is 0. The molecule has 0 saturated heterocycles. The number of hydrogen-bond acceptors (Lipinski definition) is 2. The van der Waals surface area contributed by atoms with Crippen LogP contribution < -0.4 is 5.48 Å². The van der Waals surface area contributed by atoms with Gasteiger partial charge in [0.05, 0.1) is 11.0 Å². The summed E-state index contributed by atoms with van der Waals surface area (Å²) in [6, 6.07) is 0. The molecule has 0 atom stereocenters. The van der Waals surface area contributed by atoms with Crippen LogP contribution in [0.3, 0.4) is 0 Å². The summed E-state index contributed by atoms with van der Waals surface area (Å²) in [6.45, 7) is 2.33. The average Bonchev–Trinajstić information content (AvgIpc) is 1.83. The zero-order chi connectivity index (χ0) is 6.41. The molecule has 8 heavy (non-hydrogen) atoms. The van der Waals surface area contributed by atoms with Crippen LogP contribution in [0.4, 0.5) is 0 Å². The lowest BCUT2D eigenvalue weighted by Gasteiger charge is -1.97. The lowest BCUT2D eigenvalue weighted by atomic mass is 10.8. The van der Waals surface area contributed by atoms with E-state index in [1.54, 1.807) is 0 Å². The molecule has 0 spiro atoms. The topological polar surface area (TPSA) is 38.3 Å². The number of amides is 1. The summed E-state index contributed by atoms with van der Waals surface area (Å²) in [5.74, 6) is -0.0903. The largest absolute Gasteiger partial charge is 0.274 e. The van der Waals surface area contributed by atoms with Crippen LogP contribution in [0.2, 0.25) is 0 Å². The van der Waals surface area contributed by atoms with Gasteiger partial charge in [0.25, 0.3) is 5.91 Å². The Morgan fingerprint density at radius 1 is 1.88 bits per heavy atom. The van der Waals surface area contributed by atoms with E-state index in [9.17, 15) is 4.79 Å². The predicted molar refractivity (Wildman–Crippen MR) is 38.7 cm³/mol. The van der Waals surface area contributed by atoms with Crippen LogP contribution in [0.15, 0.2) is 0 Å². The summed E-state index contributed by atoms with van der Waals surface area (Å²) >= 11 is 1.96. The molecule has 0 rings (SSSR count). The van der Waals surface area contributed by atoms with Crippen LogP contribution in [0.25, 0.3) is 0 Å². The number of rotatable bonds is 3. The molecule has 0 saturated carbocycles. The Hall–Kier alpha value is 0.160. The van der Waals surface area contributed by atoms with Crippen LogP contribution in [-0.4, -0.2) is 16.9 Å². The Balaban J connectivity index is 2.99. The molecule has 0 aromatic rings. The average molecular weight is 229 g/mol. The van der Waals surface area contributed by atoms with Crippen molar-refractivity contribution in [3.8, 4) is 0 Å². The van der Waals surface area contributed by atoms with Crippen molar-refractivity contribution < 1.29 is 9.63 Å². The van der Waals surface area contributed by atoms with Gasteiger partial charge in [-0.2, -0.15) is 0 Å². The molecule has 0 aromatic heterocycles. The fourth-order valence-electron chi connectivity index (χ4n) is 0.180. The second-order valence-corrected chi connectivity index (χ2v) is 1.85. The predicted octanol–water partition coefficient (Wildman–Crippen LogP) is 0.489. The van der Waals surface area contributed by atoms with Crippen LogP contribution >= 0.6 is 22.6 Å². The molecular formula is C4H8INO2. The van der Waals surface area contributed by atoms with E-state index in [0.29, 0.717) is 11.0 Å². The lowest BCUT2D eigenvalue weighted by molar-refractivity contribution is -0.130. The van der Waals surface area contributed by atoms with E-state index in [1.807, 2.05) is 29.5 Å². The first-order valence-corrected chi connectivity index (χ1v) is 3.80. The number of hydrogen-bond donors (Lipinski definition) is 1. The van der Waals surface area contributed by atoms with Crippen molar-refractivity contribution >= 4 is 28.5 Å². The van der Waals surface area contributed by atoms with Gasteiger partial charge >= 0.3 is 0 Å². The molecule has 0 aliphatic rings. The van der Waals surface area contributed by atoms with Gasteiger partial charge in [-0.25, -0.2) is 5.48 Å². The van der Waals surface area contributed by atoms with Crippen LogP contribution in [0, 0.1) is 0 Å². The van der Waals surface area contributed by atoms with Gasteiger partial charge in [0, 0.05) is 0 Å². The number of halogens is 1. The monoisotopic (exact) mass is 229 g/mol. The molecule has 3 nitrogen and oxygen atoms in total. The molecule has 1 N–H and O–H groups in total. The number of nitrogens with one attached hydrogen (secondary N) is 1. The first-order valence-electron chi connectivity index (χ1n) is 2.27. The molecule has 0 fully saturated rings. The molecule has 0 aromatic carbocycles. The smallest absolute Gasteiger partial charge is 0.253 e. The van der Waals surface area contributed by atoms with E-state index in [1.165, 1.54) is 0 Å². The maximum atomic E-state index is 10.3. The number of carbonyl (C=O) groups is 1. The standard InChI is InChI=1S/C4H8INO2/c1-2-8-6-4(7)3-5/h2-3H2,1H3,(H,6,7). The maximum absolute atomic E-state index is 10.3. The number of hydroxylamine groups is 1. The van der Waals surface area contributed by atoms with Crippen LogP contribution in [0.1, 0.15) is 6.92 Å². The Morgan fingerprint density at radius 3 is 2.88 bits per heavy atom. The first-order chi connectivity index (χ1) is 3.81. The molecule has 0 aliphatic carbocycles. The van der Waals surface area contributed by atoms with Crippen molar-refractivity contribution in [3.05, 3.63) is 0 Å². The van der Waals surface area contributed by atoms with Crippen molar-refractivity contribution in [3.63, 3.8) is 0 Å². The van der Waals surface area contributed by atoms with Crippen LogP contribution in [-0.2, 0) is 9.63 Å². The second-order valence-electron chi connectivity index (χ2n) is 1.09. The van der Waals surface area contributed by atoms with Crippen molar-refractivity contribution in [1.29, 1.82) is 0 Å². The minimum Gasteiger partial charge on any atom is -0.274 e. The van der Waals surface area contributed by atoms with E-state index in [2.05, 4.69) is 10.3 Å². The summed E-state index contributed by atoms with van der Waals surface area (Å²) in [6.07, 6.45) is 0. The van der Waals surface area contributed by atoms with Gasteiger partial charge < -0.3 is 0 Å². The third-order valence-electron chi connectivity index (χ3n) is 0.452. The van der Waals surface area contributed by atoms with Gasteiger partial charge in [-0.1, -0.05) is 22.6 Å². The fraction of sp³-hybridized carbons (Fsp3) is 0.750. The van der Waals surface area contributed by atoms with Gasteiger partial charge in [0.1, 0.15) is 0 Å². The maximum Gasteiger partial charge on any atom is 0.253 e. The Kier molecular flexibility index (Phi) is 5.41. The Labute approximate surface area is 61.9 Å². The molecular weight excluding hydrogens is 221 g/mol. The van der Waals surface area contributed by atoms with E-state index < -0.39 is 0 Å². The zero-order valence-electron chi connectivity index (χ0n) is 4.61. The molecule has 0 bridgehead atoms. The fourth-order valence-corrected chi connectivity index (χ4v) is 0.336. The van der Waals surface area contributed by atoms with E-state index in [4.69, 9.17) is 0 Å². The minimum atomic E-state index is -0.0903. The van der Waals surface area contributed by atoms with Gasteiger partial charge in [0.15, 0.2) is 0 Å². The molecule has 0 heterocycles. The van der Waals surface area contributed by atoms with Gasteiger partial charge in [0.2, 0.25) is 0 Å². The first kappa shape index (κ1) is 8.16. The normalized spacial score (nSPS) is 8.75.